The van der Waals surface area contributed by atoms with Gasteiger partial charge in [0.2, 0.25) is 5.91 Å². The van der Waals surface area contributed by atoms with Crippen LogP contribution in [0.3, 0.4) is 0 Å². The van der Waals surface area contributed by atoms with Gasteiger partial charge >= 0.3 is 35.5 Å². The molecule has 3 aliphatic rings. The first kappa shape index (κ1) is 27.5. The summed E-state index contributed by atoms with van der Waals surface area (Å²) < 4.78 is 0. The summed E-state index contributed by atoms with van der Waals surface area (Å²) >= 11 is 2.75. The van der Waals surface area contributed by atoms with Crippen molar-refractivity contribution >= 4 is 82.5 Å². The summed E-state index contributed by atoms with van der Waals surface area (Å²) in [6.07, 6.45) is 2.11. The first-order valence-corrected chi connectivity index (χ1v) is 13.4. The average molecular weight is 546 g/mol. The van der Waals surface area contributed by atoms with E-state index in [2.05, 4.69) is 5.32 Å². The minimum atomic E-state index is -1.23. The SMILES string of the molecule is O=C(CSc1ccccc1)N[C@@H]1C(=O)N2C(C(=O)O)=C(/C=C3\CCN(c4ccccc4)C3=O)CS[C@H]12.[NaH]. The van der Waals surface area contributed by atoms with E-state index in [9.17, 15) is 24.3 Å². The Balaban J connectivity index is 0.00000320. The van der Waals surface area contributed by atoms with Gasteiger partial charge in [-0.05, 0) is 42.3 Å². The summed E-state index contributed by atoms with van der Waals surface area (Å²) in [5.74, 6) is -1.65. The number of anilines is 1. The van der Waals surface area contributed by atoms with Crippen LogP contribution in [0.2, 0.25) is 0 Å². The van der Waals surface area contributed by atoms with E-state index < -0.39 is 23.3 Å². The molecule has 0 aromatic heterocycles. The van der Waals surface area contributed by atoms with E-state index in [1.54, 1.807) is 11.0 Å². The summed E-state index contributed by atoms with van der Waals surface area (Å²) in [6, 6.07) is 18.0. The molecule has 3 amide bonds. The van der Waals surface area contributed by atoms with Crippen LogP contribution in [0, 0.1) is 0 Å². The monoisotopic (exact) mass is 545 g/mol. The van der Waals surface area contributed by atoms with Crippen LogP contribution in [0.15, 0.2) is 88.5 Å². The van der Waals surface area contributed by atoms with Gasteiger partial charge in [-0.3, -0.25) is 19.3 Å². The van der Waals surface area contributed by atoms with E-state index in [0.717, 1.165) is 10.6 Å². The molecule has 3 aliphatic heterocycles. The molecule has 11 heteroatoms. The molecular formula is C26H24N3NaO5S2. The second-order valence-corrected chi connectivity index (χ2v) is 10.6. The van der Waals surface area contributed by atoms with Gasteiger partial charge in [0.05, 0.1) is 5.75 Å². The normalized spacial score (nSPS) is 21.9. The van der Waals surface area contributed by atoms with Gasteiger partial charge in [0.15, 0.2) is 0 Å². The molecule has 2 aromatic carbocycles. The van der Waals surface area contributed by atoms with Crippen molar-refractivity contribution in [2.24, 2.45) is 0 Å². The number of allylic oxidation sites excluding steroid dienone is 1. The quantitative estimate of drug-likeness (QED) is 0.238. The minimum absolute atomic E-state index is 0. The van der Waals surface area contributed by atoms with Crippen LogP contribution >= 0.6 is 23.5 Å². The molecule has 2 N–H and O–H groups in total. The molecule has 186 valence electrons. The molecule has 0 radical (unpaired) electrons. The molecule has 3 heterocycles. The number of hydrogen-bond acceptors (Lipinski definition) is 6. The Hall–Kier alpha value is -2.50. The van der Waals surface area contributed by atoms with Gasteiger partial charge in [0.25, 0.3) is 11.8 Å². The van der Waals surface area contributed by atoms with Crippen LogP contribution < -0.4 is 10.2 Å². The second-order valence-electron chi connectivity index (χ2n) is 8.45. The van der Waals surface area contributed by atoms with E-state index in [1.165, 1.54) is 28.4 Å². The van der Waals surface area contributed by atoms with Gasteiger partial charge < -0.3 is 15.3 Å². The van der Waals surface area contributed by atoms with Gasteiger partial charge in [-0.1, -0.05) is 36.4 Å². The van der Waals surface area contributed by atoms with Crippen molar-refractivity contribution in [1.82, 2.24) is 10.2 Å². The summed E-state index contributed by atoms with van der Waals surface area (Å²) in [6.45, 7) is 0.512. The molecule has 8 nitrogen and oxygen atoms in total. The van der Waals surface area contributed by atoms with E-state index >= 15 is 0 Å². The number of nitrogens with zero attached hydrogens (tertiary/aromatic N) is 2. The Morgan fingerprint density at radius 1 is 1.08 bits per heavy atom. The maximum absolute atomic E-state index is 13.0. The van der Waals surface area contributed by atoms with Crippen LogP contribution in [0.25, 0.3) is 0 Å². The van der Waals surface area contributed by atoms with E-state index in [4.69, 9.17) is 0 Å². The number of β-lactam (4-membered cyclic amide) rings is 1. The number of carboxylic acids is 1. The van der Waals surface area contributed by atoms with Gasteiger partial charge in [0, 0.05) is 28.5 Å². The molecule has 0 aliphatic carbocycles. The van der Waals surface area contributed by atoms with Gasteiger partial charge in [-0.25, -0.2) is 4.79 Å². The number of hydrogen-bond donors (Lipinski definition) is 2. The van der Waals surface area contributed by atoms with Crippen LogP contribution in [0.5, 0.6) is 0 Å². The van der Waals surface area contributed by atoms with Crippen LogP contribution in [0.4, 0.5) is 5.69 Å². The molecule has 2 saturated heterocycles. The fourth-order valence-corrected chi connectivity index (χ4v) is 6.48. The molecule has 2 fully saturated rings. The first-order chi connectivity index (χ1) is 17.4. The zero-order chi connectivity index (χ0) is 25.2. The van der Waals surface area contributed by atoms with E-state index in [0.29, 0.717) is 29.9 Å². The number of thioether (sulfide) groups is 2. The number of carbonyl (C=O) groups excluding carboxylic acids is 3. The number of amides is 3. The maximum atomic E-state index is 13.0. The Kier molecular flexibility index (Phi) is 8.86. The van der Waals surface area contributed by atoms with Crippen LogP contribution in [-0.4, -0.2) is 92.7 Å². The van der Waals surface area contributed by atoms with Crippen molar-refractivity contribution < 1.29 is 24.3 Å². The Labute approximate surface area is 244 Å². The fourth-order valence-electron chi connectivity index (χ4n) is 4.45. The van der Waals surface area contributed by atoms with Crippen LogP contribution in [0.1, 0.15) is 6.42 Å². The first-order valence-electron chi connectivity index (χ1n) is 11.4. The Morgan fingerprint density at radius 2 is 1.76 bits per heavy atom. The number of fused-ring (bicyclic) bond motifs is 1. The molecule has 0 spiro atoms. The summed E-state index contributed by atoms with van der Waals surface area (Å²) in [5, 5.41) is 12.2. The molecule has 0 bridgehead atoms. The van der Waals surface area contributed by atoms with Crippen molar-refractivity contribution in [3.05, 3.63) is 83.6 Å². The number of carboxylic acid groups (broad SMARTS) is 1. The topological polar surface area (TPSA) is 107 Å². The Bertz CT molecular complexity index is 1290. The molecule has 5 rings (SSSR count). The third kappa shape index (κ3) is 5.68. The number of benzene rings is 2. The third-order valence-electron chi connectivity index (χ3n) is 6.17. The predicted octanol–water partition coefficient (Wildman–Crippen LogP) is 2.23. The van der Waals surface area contributed by atoms with Crippen molar-refractivity contribution in [3.63, 3.8) is 0 Å². The van der Waals surface area contributed by atoms with Crippen LogP contribution in [-0.2, 0) is 19.2 Å². The third-order valence-corrected chi connectivity index (χ3v) is 8.49. The molecular weight excluding hydrogens is 521 g/mol. The molecule has 0 saturated carbocycles. The van der Waals surface area contributed by atoms with E-state index in [1.807, 2.05) is 60.7 Å². The fraction of sp³-hybridized carbons (Fsp3) is 0.231. The zero-order valence-electron chi connectivity index (χ0n) is 19.1. The average Bonchev–Trinajstić information content (AvgIpc) is 3.26. The zero-order valence-corrected chi connectivity index (χ0v) is 20.8. The van der Waals surface area contributed by atoms with Crippen molar-refractivity contribution in [2.75, 3.05) is 23.0 Å². The second kappa shape index (κ2) is 11.9. The van der Waals surface area contributed by atoms with Gasteiger partial charge in [-0.15, -0.1) is 23.5 Å². The van der Waals surface area contributed by atoms with Gasteiger partial charge in [-0.2, -0.15) is 0 Å². The number of para-hydroxylation sites is 1. The number of carbonyl (C=O) groups is 4. The van der Waals surface area contributed by atoms with Crippen molar-refractivity contribution in [1.29, 1.82) is 0 Å². The molecule has 2 aromatic rings. The standard InChI is InChI=1S/C26H23N3O5S2.Na.H/c30-20(15-35-19-9-5-2-6-10-19)27-21-24(32)29-22(26(33)34)17(14-36-25(21)29)13-16-11-12-28(23(16)31)18-7-3-1-4-8-18;;/h1-10,13,21,25H,11-12,14-15H2,(H,27,30)(H,33,34);;/b16-13+;;/t21-,25-;;/m1../s1. The van der Waals surface area contributed by atoms with Gasteiger partial charge in [0.1, 0.15) is 17.1 Å². The van der Waals surface area contributed by atoms with Crippen molar-refractivity contribution in [2.45, 2.75) is 22.7 Å². The Morgan fingerprint density at radius 3 is 2.43 bits per heavy atom. The predicted molar refractivity (Wildman–Crippen MR) is 145 cm³/mol. The number of nitrogens with one attached hydrogen (secondary N) is 1. The number of rotatable bonds is 7. The summed E-state index contributed by atoms with van der Waals surface area (Å²) in [7, 11) is 0. The molecule has 37 heavy (non-hydrogen) atoms. The molecule has 2 atom stereocenters. The number of aliphatic carboxylic acids is 1. The molecule has 0 unspecified atom stereocenters. The van der Waals surface area contributed by atoms with Crippen molar-refractivity contribution in [3.8, 4) is 0 Å². The van der Waals surface area contributed by atoms with E-state index in [-0.39, 0.29) is 52.8 Å². The summed E-state index contributed by atoms with van der Waals surface area (Å²) in [4.78, 5) is 54.3. The summed E-state index contributed by atoms with van der Waals surface area (Å²) in [5.41, 5.74) is 1.62.